The molecule has 0 aromatic heterocycles. The Morgan fingerprint density at radius 2 is 1.55 bits per heavy atom. The molecule has 0 radical (unpaired) electrons. The Bertz CT molecular complexity index is 809. The van der Waals surface area contributed by atoms with Gasteiger partial charge in [0.15, 0.2) is 0 Å². The van der Waals surface area contributed by atoms with Gasteiger partial charge in [0.2, 0.25) is 0 Å². The molecule has 0 bridgehead atoms. The molecule has 2 aromatic carbocycles. The third kappa shape index (κ3) is 11.1. The minimum Gasteiger partial charge on any atom is -0.494 e. The zero-order chi connectivity index (χ0) is 23.7. The van der Waals surface area contributed by atoms with Gasteiger partial charge in [-0.1, -0.05) is 59.3 Å². The molecule has 1 unspecified atom stereocenters. The molecular formula is C29H40O4. The first kappa shape index (κ1) is 26.5. The Morgan fingerprint density at radius 1 is 0.848 bits per heavy atom. The van der Waals surface area contributed by atoms with Crippen molar-refractivity contribution in [3.8, 4) is 17.2 Å². The van der Waals surface area contributed by atoms with Gasteiger partial charge in [0.25, 0.3) is 0 Å². The van der Waals surface area contributed by atoms with Crippen LogP contribution in [0.15, 0.2) is 60.9 Å². The second-order valence-electron chi connectivity index (χ2n) is 8.58. The molecule has 0 amide bonds. The largest absolute Gasteiger partial charge is 0.494 e. The second kappa shape index (κ2) is 16.0. The van der Waals surface area contributed by atoms with E-state index in [1.165, 1.54) is 44.9 Å². The van der Waals surface area contributed by atoms with Crippen LogP contribution in [0.1, 0.15) is 88.9 Å². The lowest BCUT2D eigenvalue weighted by Gasteiger charge is -2.09. The lowest BCUT2D eigenvalue weighted by Crippen LogP contribution is -2.08. The van der Waals surface area contributed by atoms with Crippen molar-refractivity contribution in [2.24, 2.45) is 5.92 Å². The summed E-state index contributed by atoms with van der Waals surface area (Å²) < 4.78 is 16.8. The van der Waals surface area contributed by atoms with Gasteiger partial charge in [0, 0.05) is 0 Å². The Labute approximate surface area is 200 Å². The highest BCUT2D eigenvalue weighted by molar-refractivity contribution is 5.91. The molecule has 0 aliphatic heterocycles. The normalized spacial score (nSPS) is 12.0. The van der Waals surface area contributed by atoms with Crippen molar-refractivity contribution in [3.63, 3.8) is 0 Å². The van der Waals surface area contributed by atoms with Crippen LogP contribution in [0.2, 0.25) is 0 Å². The topological polar surface area (TPSA) is 44.8 Å². The lowest BCUT2D eigenvalue weighted by atomic mass is 10.0. The number of carbonyl (C=O) groups excluding carboxylic acids is 1. The summed E-state index contributed by atoms with van der Waals surface area (Å²) in [4.78, 5) is 12.4. The smallest absolute Gasteiger partial charge is 0.343 e. The predicted molar refractivity (Wildman–Crippen MR) is 135 cm³/mol. The first-order valence-corrected chi connectivity index (χ1v) is 12.5. The molecule has 2 rings (SSSR count). The highest BCUT2D eigenvalue weighted by Crippen LogP contribution is 2.20. The molecule has 1 atom stereocenters. The molecule has 0 aliphatic carbocycles. The first-order valence-electron chi connectivity index (χ1n) is 12.5. The minimum atomic E-state index is -0.393. The maximum Gasteiger partial charge on any atom is 0.343 e. The Balaban J connectivity index is 1.70. The molecule has 0 saturated carbocycles. The van der Waals surface area contributed by atoms with E-state index >= 15 is 0 Å². The molecule has 4 heteroatoms. The van der Waals surface area contributed by atoms with Crippen LogP contribution in [0.5, 0.6) is 17.2 Å². The third-order valence-corrected chi connectivity index (χ3v) is 5.71. The molecule has 2 aromatic rings. The van der Waals surface area contributed by atoms with E-state index in [4.69, 9.17) is 14.2 Å². The van der Waals surface area contributed by atoms with Gasteiger partial charge < -0.3 is 14.2 Å². The zero-order valence-electron chi connectivity index (χ0n) is 20.6. The number of esters is 1. The van der Waals surface area contributed by atoms with Gasteiger partial charge in [-0.15, -0.1) is 0 Å². The number of ether oxygens (including phenoxy) is 3. The standard InChI is InChI=1S/C29H40O4/c1-4-6-7-8-11-22-32-27-18-20-28(21-19-27)33-29(30)25-14-16-26(17-15-25)31-23-12-9-10-13-24(3)5-2/h11,14-22,24H,4-10,12-13,23H2,1-3H3. The van der Waals surface area contributed by atoms with Gasteiger partial charge in [-0.25, -0.2) is 4.79 Å². The Hall–Kier alpha value is -2.75. The summed E-state index contributed by atoms with van der Waals surface area (Å²) in [7, 11) is 0. The SMILES string of the molecule is CCCCCC=COc1ccc(OC(=O)c2ccc(OCCCCCC(C)CC)cc2)cc1. The summed E-state index contributed by atoms with van der Waals surface area (Å²) in [5.41, 5.74) is 0.492. The molecule has 0 N–H and O–H groups in total. The van der Waals surface area contributed by atoms with E-state index in [0.29, 0.717) is 23.7 Å². The summed E-state index contributed by atoms with van der Waals surface area (Å²) >= 11 is 0. The fraction of sp³-hybridized carbons (Fsp3) is 0.483. The Morgan fingerprint density at radius 3 is 2.24 bits per heavy atom. The molecule has 4 nitrogen and oxygen atoms in total. The van der Waals surface area contributed by atoms with E-state index < -0.39 is 5.97 Å². The van der Waals surface area contributed by atoms with Gasteiger partial charge in [-0.05, 0) is 79.8 Å². The number of rotatable bonds is 16. The minimum absolute atomic E-state index is 0.393. The summed E-state index contributed by atoms with van der Waals surface area (Å²) in [6.07, 6.45) is 14.4. The van der Waals surface area contributed by atoms with Crippen molar-refractivity contribution < 1.29 is 19.0 Å². The highest BCUT2D eigenvalue weighted by atomic mass is 16.5. The molecule has 0 spiro atoms. The number of hydrogen-bond donors (Lipinski definition) is 0. The second-order valence-corrected chi connectivity index (χ2v) is 8.58. The molecule has 0 heterocycles. The third-order valence-electron chi connectivity index (χ3n) is 5.71. The predicted octanol–water partition coefficient (Wildman–Crippen LogP) is 8.36. The first-order chi connectivity index (χ1) is 16.1. The van der Waals surface area contributed by atoms with Crippen molar-refractivity contribution in [2.75, 3.05) is 6.61 Å². The Kier molecular flexibility index (Phi) is 12.8. The summed E-state index contributed by atoms with van der Waals surface area (Å²) in [5.74, 6) is 2.39. The van der Waals surface area contributed by atoms with Crippen LogP contribution in [0.25, 0.3) is 0 Å². The van der Waals surface area contributed by atoms with Crippen molar-refractivity contribution in [1.82, 2.24) is 0 Å². The number of carbonyl (C=O) groups is 1. The van der Waals surface area contributed by atoms with Crippen LogP contribution in [0.3, 0.4) is 0 Å². The molecule has 0 fully saturated rings. The average Bonchev–Trinajstić information content (AvgIpc) is 2.84. The summed E-state index contributed by atoms with van der Waals surface area (Å²) in [6.45, 7) is 7.44. The van der Waals surface area contributed by atoms with E-state index in [2.05, 4.69) is 20.8 Å². The van der Waals surface area contributed by atoms with Crippen LogP contribution in [-0.2, 0) is 0 Å². The number of hydrogen-bond acceptors (Lipinski definition) is 4. The van der Waals surface area contributed by atoms with E-state index in [0.717, 1.165) is 24.5 Å². The van der Waals surface area contributed by atoms with E-state index in [-0.39, 0.29) is 0 Å². The van der Waals surface area contributed by atoms with Crippen molar-refractivity contribution in [1.29, 1.82) is 0 Å². The molecule has 180 valence electrons. The molecule has 0 aliphatic rings. The van der Waals surface area contributed by atoms with Gasteiger partial charge in [-0.3, -0.25) is 0 Å². The van der Waals surface area contributed by atoms with Crippen molar-refractivity contribution >= 4 is 5.97 Å². The number of unbranched alkanes of at least 4 members (excludes halogenated alkanes) is 5. The van der Waals surface area contributed by atoms with E-state index in [1.54, 1.807) is 42.7 Å². The molecular weight excluding hydrogens is 412 g/mol. The maximum absolute atomic E-state index is 12.4. The van der Waals surface area contributed by atoms with Crippen LogP contribution in [0, 0.1) is 5.92 Å². The highest BCUT2D eigenvalue weighted by Gasteiger charge is 2.09. The van der Waals surface area contributed by atoms with Crippen LogP contribution in [-0.4, -0.2) is 12.6 Å². The van der Waals surface area contributed by atoms with Gasteiger partial charge in [-0.2, -0.15) is 0 Å². The average molecular weight is 453 g/mol. The summed E-state index contributed by atoms with van der Waals surface area (Å²) in [5, 5.41) is 0. The number of allylic oxidation sites excluding steroid dienone is 1. The van der Waals surface area contributed by atoms with Crippen molar-refractivity contribution in [3.05, 3.63) is 66.4 Å². The number of benzene rings is 2. The molecule has 0 saturated heterocycles. The quantitative estimate of drug-likeness (QED) is 0.111. The zero-order valence-corrected chi connectivity index (χ0v) is 20.6. The van der Waals surface area contributed by atoms with Gasteiger partial charge >= 0.3 is 5.97 Å². The fourth-order valence-electron chi connectivity index (χ4n) is 3.31. The van der Waals surface area contributed by atoms with Crippen molar-refractivity contribution in [2.45, 2.75) is 78.6 Å². The summed E-state index contributed by atoms with van der Waals surface area (Å²) in [6, 6.07) is 14.2. The lowest BCUT2D eigenvalue weighted by molar-refractivity contribution is 0.0734. The molecule has 33 heavy (non-hydrogen) atoms. The van der Waals surface area contributed by atoms with E-state index in [9.17, 15) is 4.79 Å². The van der Waals surface area contributed by atoms with Gasteiger partial charge in [0.1, 0.15) is 17.2 Å². The monoisotopic (exact) mass is 452 g/mol. The van der Waals surface area contributed by atoms with Crippen LogP contribution >= 0.6 is 0 Å². The van der Waals surface area contributed by atoms with Crippen LogP contribution < -0.4 is 14.2 Å². The van der Waals surface area contributed by atoms with Crippen LogP contribution in [0.4, 0.5) is 0 Å². The fourth-order valence-corrected chi connectivity index (χ4v) is 3.31. The van der Waals surface area contributed by atoms with Gasteiger partial charge in [0.05, 0.1) is 18.4 Å². The maximum atomic E-state index is 12.4. The van der Waals surface area contributed by atoms with E-state index in [1.807, 2.05) is 18.2 Å².